The second kappa shape index (κ2) is 5.25. The van der Waals surface area contributed by atoms with Crippen molar-refractivity contribution in [3.05, 3.63) is 65.5 Å². The molecule has 0 spiro atoms. The van der Waals surface area contributed by atoms with E-state index in [9.17, 15) is 4.79 Å². The summed E-state index contributed by atoms with van der Waals surface area (Å²) in [4.78, 5) is 15.1. The molecule has 0 unspecified atom stereocenters. The van der Waals surface area contributed by atoms with Crippen LogP contribution in [0, 0.1) is 0 Å². The lowest BCUT2D eigenvalue weighted by atomic mass is 10.0. The molecular weight excluding hydrogens is 214 g/mol. The topological polar surface area (TPSA) is 50.2 Å². The molecule has 0 aliphatic heterocycles. The Bertz CT molecular complexity index is 509. The predicted octanol–water partition coefficient (Wildman–Crippen LogP) is 2.57. The summed E-state index contributed by atoms with van der Waals surface area (Å²) in [5.74, 6) is -0.916. The van der Waals surface area contributed by atoms with Crippen LogP contribution in [0.2, 0.25) is 0 Å². The van der Waals surface area contributed by atoms with Crippen LogP contribution in [0.15, 0.2) is 48.7 Å². The van der Waals surface area contributed by atoms with Gasteiger partial charge in [-0.15, -0.1) is 0 Å². The largest absolute Gasteiger partial charge is 0.478 e. The maximum atomic E-state index is 11.0. The Kier molecular flexibility index (Phi) is 3.50. The third kappa shape index (κ3) is 2.91. The fourth-order valence-electron chi connectivity index (χ4n) is 1.74. The van der Waals surface area contributed by atoms with E-state index in [1.54, 1.807) is 18.3 Å². The Morgan fingerprint density at radius 1 is 1.06 bits per heavy atom. The molecule has 1 aromatic heterocycles. The average Bonchev–Trinajstić information content (AvgIpc) is 2.38. The maximum absolute atomic E-state index is 11.0. The Balaban J connectivity index is 2.12. The average molecular weight is 227 g/mol. The number of pyridine rings is 1. The Morgan fingerprint density at radius 3 is 2.53 bits per heavy atom. The molecule has 0 aliphatic carbocycles. The van der Waals surface area contributed by atoms with Crippen LogP contribution in [-0.4, -0.2) is 16.1 Å². The number of hydrogen-bond acceptors (Lipinski definition) is 2. The van der Waals surface area contributed by atoms with Gasteiger partial charge in [0, 0.05) is 6.20 Å². The molecule has 0 aliphatic rings. The maximum Gasteiger partial charge on any atom is 0.337 e. The van der Waals surface area contributed by atoms with Gasteiger partial charge >= 0.3 is 5.97 Å². The van der Waals surface area contributed by atoms with Crippen LogP contribution in [0.4, 0.5) is 0 Å². The summed E-state index contributed by atoms with van der Waals surface area (Å²) in [6.45, 7) is 0. The Labute approximate surface area is 99.8 Å². The molecule has 3 nitrogen and oxygen atoms in total. The van der Waals surface area contributed by atoms with E-state index in [0.717, 1.165) is 6.42 Å². The summed E-state index contributed by atoms with van der Waals surface area (Å²) in [7, 11) is 0. The molecule has 2 rings (SSSR count). The minimum Gasteiger partial charge on any atom is -0.478 e. The molecule has 0 saturated carbocycles. The van der Waals surface area contributed by atoms with Crippen molar-refractivity contribution in [1.29, 1.82) is 0 Å². The number of aromatic carboxylic acids is 1. The van der Waals surface area contributed by atoms with Gasteiger partial charge in [0.2, 0.25) is 0 Å². The molecule has 1 aromatic carbocycles. The molecule has 0 radical (unpaired) electrons. The standard InChI is InChI=1S/C14H13NO2/c16-14(17)12-7-4-10-15-13(12)9-8-11-5-2-1-3-6-11/h1-7,10H,8-9H2,(H,16,17). The van der Waals surface area contributed by atoms with Crippen LogP contribution >= 0.6 is 0 Å². The van der Waals surface area contributed by atoms with Gasteiger partial charge in [0.15, 0.2) is 0 Å². The molecule has 0 saturated heterocycles. The summed E-state index contributed by atoms with van der Waals surface area (Å²) in [5, 5.41) is 9.02. The third-order valence-corrected chi connectivity index (χ3v) is 2.61. The molecule has 0 amide bonds. The van der Waals surface area contributed by atoms with Gasteiger partial charge in [0.05, 0.1) is 11.3 Å². The molecule has 1 heterocycles. The molecule has 17 heavy (non-hydrogen) atoms. The zero-order valence-electron chi connectivity index (χ0n) is 9.34. The molecule has 0 bridgehead atoms. The molecular formula is C14H13NO2. The molecule has 86 valence electrons. The van der Waals surface area contributed by atoms with Gasteiger partial charge in [-0.3, -0.25) is 4.98 Å². The van der Waals surface area contributed by atoms with Crippen molar-refractivity contribution in [2.24, 2.45) is 0 Å². The molecule has 2 aromatic rings. The van der Waals surface area contributed by atoms with Gasteiger partial charge in [-0.2, -0.15) is 0 Å². The van der Waals surface area contributed by atoms with Gasteiger partial charge in [0.25, 0.3) is 0 Å². The van der Waals surface area contributed by atoms with E-state index in [4.69, 9.17) is 5.11 Å². The fourth-order valence-corrected chi connectivity index (χ4v) is 1.74. The zero-order chi connectivity index (χ0) is 12.1. The van der Waals surface area contributed by atoms with Crippen molar-refractivity contribution in [2.75, 3.05) is 0 Å². The number of carboxylic acids is 1. The number of aromatic nitrogens is 1. The van der Waals surface area contributed by atoms with E-state index in [1.165, 1.54) is 5.56 Å². The number of hydrogen-bond donors (Lipinski definition) is 1. The number of carbonyl (C=O) groups is 1. The first kappa shape index (κ1) is 11.3. The molecule has 3 heteroatoms. The van der Waals surface area contributed by atoms with Crippen molar-refractivity contribution in [3.8, 4) is 0 Å². The van der Waals surface area contributed by atoms with E-state index < -0.39 is 5.97 Å². The summed E-state index contributed by atoms with van der Waals surface area (Å²) < 4.78 is 0. The molecule has 0 atom stereocenters. The Morgan fingerprint density at radius 2 is 1.82 bits per heavy atom. The number of nitrogens with zero attached hydrogens (tertiary/aromatic N) is 1. The van der Waals surface area contributed by atoms with E-state index in [1.807, 2.05) is 30.3 Å². The summed E-state index contributed by atoms with van der Waals surface area (Å²) >= 11 is 0. The zero-order valence-corrected chi connectivity index (χ0v) is 9.34. The minimum atomic E-state index is -0.916. The lowest BCUT2D eigenvalue weighted by Crippen LogP contribution is -2.05. The summed E-state index contributed by atoms with van der Waals surface area (Å²) in [6.07, 6.45) is 3.08. The first-order chi connectivity index (χ1) is 8.27. The van der Waals surface area contributed by atoms with E-state index in [2.05, 4.69) is 4.98 Å². The van der Waals surface area contributed by atoms with Gasteiger partial charge in [-0.1, -0.05) is 30.3 Å². The highest BCUT2D eigenvalue weighted by atomic mass is 16.4. The normalized spacial score (nSPS) is 10.1. The SMILES string of the molecule is O=C(O)c1cccnc1CCc1ccccc1. The summed E-state index contributed by atoms with van der Waals surface area (Å²) in [5.41, 5.74) is 2.13. The van der Waals surface area contributed by atoms with Gasteiger partial charge in [0.1, 0.15) is 0 Å². The highest BCUT2D eigenvalue weighted by Gasteiger charge is 2.09. The van der Waals surface area contributed by atoms with Crippen molar-refractivity contribution in [1.82, 2.24) is 4.98 Å². The van der Waals surface area contributed by atoms with E-state index >= 15 is 0 Å². The molecule has 0 fully saturated rings. The van der Waals surface area contributed by atoms with E-state index in [0.29, 0.717) is 17.7 Å². The van der Waals surface area contributed by atoms with Crippen molar-refractivity contribution in [2.45, 2.75) is 12.8 Å². The van der Waals surface area contributed by atoms with Gasteiger partial charge < -0.3 is 5.11 Å². The summed E-state index contributed by atoms with van der Waals surface area (Å²) in [6, 6.07) is 13.2. The second-order valence-electron chi connectivity index (χ2n) is 3.79. The van der Waals surface area contributed by atoms with Crippen LogP contribution < -0.4 is 0 Å². The van der Waals surface area contributed by atoms with Crippen molar-refractivity contribution in [3.63, 3.8) is 0 Å². The van der Waals surface area contributed by atoms with Crippen molar-refractivity contribution >= 4 is 5.97 Å². The monoisotopic (exact) mass is 227 g/mol. The fraction of sp³-hybridized carbons (Fsp3) is 0.143. The lowest BCUT2D eigenvalue weighted by Gasteiger charge is -2.04. The Hall–Kier alpha value is -2.16. The minimum absolute atomic E-state index is 0.295. The number of benzene rings is 1. The predicted molar refractivity (Wildman–Crippen MR) is 65.0 cm³/mol. The highest BCUT2D eigenvalue weighted by Crippen LogP contribution is 2.10. The van der Waals surface area contributed by atoms with Crippen LogP contribution in [0.25, 0.3) is 0 Å². The smallest absolute Gasteiger partial charge is 0.337 e. The van der Waals surface area contributed by atoms with E-state index in [-0.39, 0.29) is 0 Å². The number of aryl methyl sites for hydroxylation is 2. The third-order valence-electron chi connectivity index (χ3n) is 2.61. The van der Waals surface area contributed by atoms with Gasteiger partial charge in [-0.05, 0) is 30.5 Å². The van der Waals surface area contributed by atoms with Crippen LogP contribution in [0.3, 0.4) is 0 Å². The molecule has 1 N–H and O–H groups in total. The van der Waals surface area contributed by atoms with Crippen molar-refractivity contribution < 1.29 is 9.90 Å². The lowest BCUT2D eigenvalue weighted by molar-refractivity contribution is 0.0695. The van der Waals surface area contributed by atoms with Crippen LogP contribution in [0.5, 0.6) is 0 Å². The van der Waals surface area contributed by atoms with Crippen LogP contribution in [0.1, 0.15) is 21.6 Å². The van der Waals surface area contributed by atoms with Gasteiger partial charge in [-0.25, -0.2) is 4.79 Å². The number of carboxylic acid groups (broad SMARTS) is 1. The van der Waals surface area contributed by atoms with Crippen LogP contribution in [-0.2, 0) is 12.8 Å². The first-order valence-electron chi connectivity index (χ1n) is 5.48. The highest BCUT2D eigenvalue weighted by molar-refractivity contribution is 5.88. The second-order valence-corrected chi connectivity index (χ2v) is 3.79. The quantitative estimate of drug-likeness (QED) is 0.873. The number of rotatable bonds is 4. The first-order valence-corrected chi connectivity index (χ1v) is 5.48.